The van der Waals surface area contributed by atoms with Gasteiger partial charge in [-0.3, -0.25) is 4.79 Å². The molecule has 1 atom stereocenters. The van der Waals surface area contributed by atoms with Gasteiger partial charge in [-0.1, -0.05) is 29.4 Å². The molecule has 2 aromatic rings. The lowest BCUT2D eigenvalue weighted by atomic mass is 9.92. The highest BCUT2D eigenvalue weighted by Gasteiger charge is 2.37. The van der Waals surface area contributed by atoms with Gasteiger partial charge in [0.15, 0.2) is 6.04 Å². The number of aliphatic carboxylic acids is 1. The van der Waals surface area contributed by atoms with Crippen molar-refractivity contribution in [3.05, 3.63) is 52.9 Å². The van der Waals surface area contributed by atoms with E-state index in [4.69, 9.17) is 4.52 Å². The molecule has 0 spiro atoms. The molecule has 0 saturated heterocycles. The molecule has 0 fully saturated rings. The largest absolute Gasteiger partial charge is 0.479 e. The highest BCUT2D eigenvalue weighted by molar-refractivity contribution is 5.97. The van der Waals surface area contributed by atoms with Crippen molar-refractivity contribution in [3.8, 4) is 0 Å². The fourth-order valence-electron chi connectivity index (χ4n) is 2.71. The number of carbonyl (C=O) groups is 2. The fourth-order valence-corrected chi connectivity index (χ4v) is 2.71. The lowest BCUT2D eigenvalue weighted by Crippen LogP contribution is -2.43. The van der Waals surface area contributed by atoms with Gasteiger partial charge in [-0.2, -0.15) is 0 Å². The van der Waals surface area contributed by atoms with E-state index in [9.17, 15) is 14.7 Å². The fraction of sp³-hybridized carbons (Fsp3) is 0.267. The second-order valence-electron chi connectivity index (χ2n) is 4.98. The summed E-state index contributed by atoms with van der Waals surface area (Å²) in [7, 11) is 0. The third-order valence-electron chi connectivity index (χ3n) is 3.76. The number of carboxylic acid groups (broad SMARTS) is 1. The lowest BCUT2D eigenvalue weighted by molar-refractivity contribution is -0.143. The summed E-state index contributed by atoms with van der Waals surface area (Å²) in [6.45, 7) is 1.99. The zero-order chi connectivity index (χ0) is 15.0. The van der Waals surface area contributed by atoms with Crippen LogP contribution in [-0.4, -0.2) is 33.6 Å². The molecule has 0 bridgehead atoms. The number of aryl methyl sites for hydroxylation is 1. The van der Waals surface area contributed by atoms with E-state index in [0.29, 0.717) is 29.9 Å². The number of carboxylic acids is 1. The van der Waals surface area contributed by atoms with Crippen LogP contribution in [0.15, 0.2) is 35.0 Å². The minimum absolute atomic E-state index is 0.306. The predicted molar refractivity (Wildman–Crippen MR) is 72.8 cm³/mol. The van der Waals surface area contributed by atoms with E-state index in [-0.39, 0.29) is 5.91 Å². The van der Waals surface area contributed by atoms with E-state index in [0.717, 1.165) is 5.56 Å². The molecule has 3 rings (SSSR count). The van der Waals surface area contributed by atoms with Gasteiger partial charge in [-0.05, 0) is 24.5 Å². The minimum Gasteiger partial charge on any atom is -0.479 e. The Bertz CT molecular complexity index is 707. The molecule has 1 aliphatic rings. The van der Waals surface area contributed by atoms with Gasteiger partial charge in [0.2, 0.25) is 0 Å². The zero-order valence-electron chi connectivity index (χ0n) is 11.4. The van der Waals surface area contributed by atoms with Crippen molar-refractivity contribution in [1.82, 2.24) is 10.1 Å². The van der Waals surface area contributed by atoms with Crippen molar-refractivity contribution in [2.45, 2.75) is 19.4 Å². The van der Waals surface area contributed by atoms with Gasteiger partial charge < -0.3 is 14.5 Å². The second kappa shape index (κ2) is 5.05. The monoisotopic (exact) mass is 286 g/mol. The Kier molecular flexibility index (Phi) is 3.21. The summed E-state index contributed by atoms with van der Waals surface area (Å²) in [5, 5.41) is 13.1. The lowest BCUT2D eigenvalue weighted by Gasteiger charge is -2.34. The number of amides is 1. The molecule has 1 N–H and O–H groups in total. The van der Waals surface area contributed by atoms with Crippen molar-refractivity contribution in [2.75, 3.05) is 6.54 Å². The van der Waals surface area contributed by atoms with Crippen LogP contribution in [0.25, 0.3) is 0 Å². The molecule has 1 aromatic carbocycles. The van der Waals surface area contributed by atoms with Gasteiger partial charge in [0.1, 0.15) is 11.3 Å². The van der Waals surface area contributed by atoms with E-state index in [1.165, 1.54) is 11.1 Å². The van der Waals surface area contributed by atoms with Crippen molar-refractivity contribution in [2.24, 2.45) is 0 Å². The van der Waals surface area contributed by atoms with Crippen molar-refractivity contribution in [3.63, 3.8) is 0 Å². The number of fused-ring (bicyclic) bond motifs is 1. The maximum atomic E-state index is 12.6. The maximum absolute atomic E-state index is 12.6. The first-order chi connectivity index (χ1) is 10.1. The first kappa shape index (κ1) is 13.4. The summed E-state index contributed by atoms with van der Waals surface area (Å²) in [6, 6.07) is 6.34. The molecule has 108 valence electrons. The summed E-state index contributed by atoms with van der Waals surface area (Å²) < 4.78 is 4.90. The maximum Gasteiger partial charge on any atom is 0.331 e. The van der Waals surface area contributed by atoms with Crippen LogP contribution in [0.5, 0.6) is 0 Å². The third kappa shape index (κ3) is 2.18. The predicted octanol–water partition coefficient (Wildman–Crippen LogP) is 1.81. The Morgan fingerprint density at radius 3 is 2.81 bits per heavy atom. The van der Waals surface area contributed by atoms with Crippen LogP contribution >= 0.6 is 0 Å². The van der Waals surface area contributed by atoms with E-state index < -0.39 is 12.0 Å². The van der Waals surface area contributed by atoms with Crippen LogP contribution in [0.2, 0.25) is 0 Å². The average Bonchev–Trinajstić information content (AvgIpc) is 2.91. The molecule has 6 heteroatoms. The number of hydrogen-bond acceptors (Lipinski definition) is 4. The van der Waals surface area contributed by atoms with Gasteiger partial charge in [0.25, 0.3) is 5.91 Å². The average molecular weight is 286 g/mol. The van der Waals surface area contributed by atoms with Crippen LogP contribution in [0.3, 0.4) is 0 Å². The van der Waals surface area contributed by atoms with Gasteiger partial charge in [0.05, 0.1) is 6.20 Å². The molecule has 0 radical (unpaired) electrons. The van der Waals surface area contributed by atoms with Crippen LogP contribution in [0, 0.1) is 6.92 Å². The first-order valence-electron chi connectivity index (χ1n) is 6.62. The molecule has 1 amide bonds. The Morgan fingerprint density at radius 1 is 1.38 bits per heavy atom. The van der Waals surface area contributed by atoms with Gasteiger partial charge in [-0.15, -0.1) is 0 Å². The first-order valence-corrected chi connectivity index (χ1v) is 6.62. The topological polar surface area (TPSA) is 83.6 Å². The smallest absolute Gasteiger partial charge is 0.331 e. The normalized spacial score (nSPS) is 17.4. The van der Waals surface area contributed by atoms with Crippen molar-refractivity contribution >= 4 is 11.9 Å². The number of rotatable bonds is 2. The van der Waals surface area contributed by atoms with Gasteiger partial charge >= 0.3 is 5.97 Å². The molecule has 21 heavy (non-hydrogen) atoms. The molecule has 0 saturated carbocycles. The van der Waals surface area contributed by atoms with Crippen molar-refractivity contribution < 1.29 is 19.2 Å². The Labute approximate surface area is 121 Å². The van der Waals surface area contributed by atoms with Crippen LogP contribution < -0.4 is 0 Å². The number of hydrogen-bond donors (Lipinski definition) is 1. The van der Waals surface area contributed by atoms with Gasteiger partial charge in [0, 0.05) is 6.54 Å². The highest BCUT2D eigenvalue weighted by Crippen LogP contribution is 2.31. The zero-order valence-corrected chi connectivity index (χ0v) is 11.4. The summed E-state index contributed by atoms with van der Waals surface area (Å²) in [5.41, 5.74) is 1.94. The molecule has 1 aromatic heterocycles. The Hall–Kier alpha value is -2.63. The van der Waals surface area contributed by atoms with Crippen molar-refractivity contribution in [1.29, 1.82) is 0 Å². The second-order valence-corrected chi connectivity index (χ2v) is 4.98. The minimum atomic E-state index is -1.04. The Balaban J connectivity index is 2.02. The number of carbonyl (C=O) groups excluding carboxylic acids is 1. The quantitative estimate of drug-likeness (QED) is 0.910. The molecule has 0 aliphatic carbocycles. The van der Waals surface area contributed by atoms with E-state index in [1.54, 1.807) is 19.1 Å². The van der Waals surface area contributed by atoms with E-state index in [2.05, 4.69) is 5.16 Å². The van der Waals surface area contributed by atoms with Crippen LogP contribution in [0.1, 0.15) is 33.3 Å². The molecule has 1 unspecified atom stereocenters. The number of nitrogens with zero attached hydrogens (tertiary/aromatic N) is 2. The molecule has 6 nitrogen and oxygen atoms in total. The highest BCUT2D eigenvalue weighted by atomic mass is 16.5. The van der Waals surface area contributed by atoms with E-state index in [1.807, 2.05) is 12.1 Å². The van der Waals surface area contributed by atoms with Gasteiger partial charge in [-0.25, -0.2) is 4.79 Å². The number of aromatic nitrogens is 1. The molecule has 1 aliphatic heterocycles. The SMILES string of the molecule is Cc1oncc1C(=O)N1CCc2ccccc2C1C(=O)O. The van der Waals surface area contributed by atoms with Crippen LogP contribution in [0.4, 0.5) is 0 Å². The standard InChI is InChI=1S/C15H14N2O4/c1-9-12(8-16-21-9)14(18)17-7-6-10-4-2-3-5-11(10)13(17)15(19)20/h2-5,8,13H,6-7H2,1H3,(H,19,20). The summed E-state index contributed by atoms with van der Waals surface area (Å²) in [5.74, 6) is -1.01. The third-order valence-corrected chi connectivity index (χ3v) is 3.76. The molecule has 2 heterocycles. The van der Waals surface area contributed by atoms with Crippen LogP contribution in [-0.2, 0) is 11.2 Å². The number of benzene rings is 1. The Morgan fingerprint density at radius 2 is 2.14 bits per heavy atom. The summed E-state index contributed by atoms with van der Waals surface area (Å²) in [4.78, 5) is 25.6. The summed E-state index contributed by atoms with van der Waals surface area (Å²) in [6.07, 6.45) is 1.97. The molecular weight excluding hydrogens is 272 g/mol. The molecular formula is C15H14N2O4. The summed E-state index contributed by atoms with van der Waals surface area (Å²) >= 11 is 0. The van der Waals surface area contributed by atoms with E-state index >= 15 is 0 Å².